The van der Waals surface area contributed by atoms with E-state index in [1.807, 2.05) is 11.6 Å². The highest BCUT2D eigenvalue weighted by Gasteiger charge is 2.26. The van der Waals surface area contributed by atoms with Gasteiger partial charge in [0.25, 0.3) is 10.0 Å². The molecule has 0 saturated heterocycles. The summed E-state index contributed by atoms with van der Waals surface area (Å²) in [7, 11) is -4.46. The van der Waals surface area contributed by atoms with Crippen molar-refractivity contribution in [1.82, 2.24) is 14.8 Å². The summed E-state index contributed by atoms with van der Waals surface area (Å²) in [6.07, 6.45) is 4.71. The van der Waals surface area contributed by atoms with Gasteiger partial charge in [-0.2, -0.15) is 5.10 Å². The lowest BCUT2D eigenvalue weighted by Crippen LogP contribution is -2.16. The summed E-state index contributed by atoms with van der Waals surface area (Å²) < 4.78 is 73.0. The minimum atomic E-state index is -4.46. The van der Waals surface area contributed by atoms with E-state index in [1.165, 1.54) is 29.2 Å². The summed E-state index contributed by atoms with van der Waals surface area (Å²) >= 11 is 0. The summed E-state index contributed by atoms with van der Waals surface area (Å²) in [5.74, 6) is -3.08. The summed E-state index contributed by atoms with van der Waals surface area (Å²) in [5.41, 5.74) is 0.0427. The highest BCUT2D eigenvalue weighted by atomic mass is 32.2. The molecule has 0 spiro atoms. The molecule has 4 rings (SSSR count). The highest BCUT2D eigenvalue weighted by molar-refractivity contribution is 7.92. The van der Waals surface area contributed by atoms with Crippen LogP contribution in [-0.4, -0.2) is 23.2 Å². The number of aryl methyl sites for hydroxylation is 1. The Morgan fingerprint density at radius 3 is 2.38 bits per heavy atom. The lowest BCUT2D eigenvalue weighted by molar-refractivity contribution is 0.568. The number of anilines is 1. The van der Waals surface area contributed by atoms with Crippen LogP contribution < -0.4 is 4.72 Å². The number of rotatable bonds is 6. The Kier molecular flexibility index (Phi) is 5.70. The van der Waals surface area contributed by atoms with Gasteiger partial charge in [0.1, 0.15) is 22.2 Å². The Labute approximate surface area is 182 Å². The van der Waals surface area contributed by atoms with Crippen LogP contribution in [0.15, 0.2) is 72.0 Å². The van der Waals surface area contributed by atoms with Crippen LogP contribution >= 0.6 is 0 Å². The molecule has 164 valence electrons. The van der Waals surface area contributed by atoms with Crippen LogP contribution in [0.2, 0.25) is 0 Å². The normalized spacial score (nSPS) is 11.5. The summed E-state index contributed by atoms with van der Waals surface area (Å²) in [6.45, 7) is 2.26. The first-order valence-corrected chi connectivity index (χ1v) is 11.0. The van der Waals surface area contributed by atoms with Crippen molar-refractivity contribution in [2.45, 2.75) is 18.4 Å². The third kappa shape index (κ3) is 3.96. The Balaban J connectivity index is 1.84. The number of pyridine rings is 1. The maximum absolute atomic E-state index is 15.5. The van der Waals surface area contributed by atoms with E-state index in [1.54, 1.807) is 18.3 Å². The molecule has 0 amide bonds. The number of hydrogen-bond acceptors (Lipinski definition) is 4. The topological polar surface area (TPSA) is 76.9 Å². The van der Waals surface area contributed by atoms with Crippen LogP contribution in [0.1, 0.15) is 6.92 Å². The molecule has 32 heavy (non-hydrogen) atoms. The van der Waals surface area contributed by atoms with Crippen LogP contribution in [-0.2, 0) is 16.6 Å². The number of benzene rings is 2. The van der Waals surface area contributed by atoms with Gasteiger partial charge in [0, 0.05) is 30.7 Å². The number of halogens is 3. The van der Waals surface area contributed by atoms with E-state index in [0.29, 0.717) is 17.7 Å². The fourth-order valence-electron chi connectivity index (χ4n) is 3.22. The second-order valence-electron chi connectivity index (χ2n) is 6.80. The first kappa shape index (κ1) is 21.6. The number of nitrogens with one attached hydrogen (secondary N) is 1. The molecule has 0 fully saturated rings. The van der Waals surface area contributed by atoms with Gasteiger partial charge in [0.15, 0.2) is 5.82 Å². The Morgan fingerprint density at radius 2 is 1.69 bits per heavy atom. The molecule has 4 aromatic rings. The fraction of sp³-hybridized carbons (Fsp3) is 0.0909. The second kappa shape index (κ2) is 8.46. The molecule has 0 aliphatic rings. The molecule has 0 radical (unpaired) electrons. The van der Waals surface area contributed by atoms with Gasteiger partial charge < -0.3 is 0 Å². The van der Waals surface area contributed by atoms with Crippen molar-refractivity contribution in [3.63, 3.8) is 0 Å². The van der Waals surface area contributed by atoms with Crippen LogP contribution in [0.3, 0.4) is 0 Å². The number of nitrogens with zero attached hydrogens (tertiary/aromatic N) is 3. The summed E-state index contributed by atoms with van der Waals surface area (Å²) in [4.78, 5) is 3.29. The third-order valence-electron chi connectivity index (χ3n) is 4.78. The molecule has 0 unspecified atom stereocenters. The molecule has 2 heterocycles. The quantitative estimate of drug-likeness (QED) is 0.448. The SMILES string of the molecule is CCn1cc(-c2ccncc2)c(-c2c(F)ccc(NS(=O)(=O)c3ccccc3F)c2F)n1. The van der Waals surface area contributed by atoms with Gasteiger partial charge in [-0.1, -0.05) is 12.1 Å². The Morgan fingerprint density at radius 1 is 0.969 bits per heavy atom. The second-order valence-corrected chi connectivity index (χ2v) is 8.45. The monoisotopic (exact) mass is 458 g/mol. The lowest BCUT2D eigenvalue weighted by Gasteiger charge is -2.13. The van der Waals surface area contributed by atoms with Gasteiger partial charge >= 0.3 is 0 Å². The molecule has 10 heteroatoms. The first-order chi connectivity index (χ1) is 15.3. The fourth-order valence-corrected chi connectivity index (χ4v) is 4.36. The molecular formula is C22H17F3N4O2S. The Bertz CT molecular complexity index is 1390. The maximum atomic E-state index is 15.5. The van der Waals surface area contributed by atoms with E-state index < -0.39 is 43.6 Å². The zero-order chi connectivity index (χ0) is 22.9. The zero-order valence-corrected chi connectivity index (χ0v) is 17.6. The molecule has 0 aliphatic carbocycles. The van der Waals surface area contributed by atoms with E-state index >= 15 is 4.39 Å². The number of hydrogen-bond donors (Lipinski definition) is 1. The smallest absolute Gasteiger partial charge is 0.264 e. The first-order valence-electron chi connectivity index (χ1n) is 9.55. The minimum absolute atomic E-state index is 0.00000961. The van der Waals surface area contributed by atoms with Crippen molar-refractivity contribution >= 4 is 15.7 Å². The number of sulfonamides is 1. The van der Waals surface area contributed by atoms with Gasteiger partial charge in [-0.25, -0.2) is 21.6 Å². The van der Waals surface area contributed by atoms with Crippen LogP contribution in [0.5, 0.6) is 0 Å². The molecule has 2 aromatic heterocycles. The van der Waals surface area contributed by atoms with Crippen LogP contribution in [0, 0.1) is 17.5 Å². The number of aromatic nitrogens is 3. The molecule has 0 aliphatic heterocycles. The third-order valence-corrected chi connectivity index (χ3v) is 6.17. The average Bonchev–Trinajstić information content (AvgIpc) is 3.21. The minimum Gasteiger partial charge on any atom is -0.277 e. The van der Waals surface area contributed by atoms with E-state index in [2.05, 4.69) is 10.1 Å². The molecule has 2 aromatic carbocycles. The largest absolute Gasteiger partial charge is 0.277 e. The summed E-state index contributed by atoms with van der Waals surface area (Å²) in [6, 6.07) is 9.89. The van der Waals surface area contributed by atoms with Gasteiger partial charge in [-0.05, 0) is 48.9 Å². The summed E-state index contributed by atoms with van der Waals surface area (Å²) in [5, 5.41) is 4.29. The van der Waals surface area contributed by atoms with Gasteiger partial charge in [0.2, 0.25) is 0 Å². The lowest BCUT2D eigenvalue weighted by atomic mass is 10.0. The maximum Gasteiger partial charge on any atom is 0.264 e. The van der Waals surface area contributed by atoms with Crippen molar-refractivity contribution < 1.29 is 21.6 Å². The van der Waals surface area contributed by atoms with Gasteiger partial charge in [-0.3, -0.25) is 14.4 Å². The van der Waals surface area contributed by atoms with Crippen molar-refractivity contribution in [2.24, 2.45) is 0 Å². The standard InChI is InChI=1S/C22H17F3N4O2S/c1-2-29-13-15(14-9-11-26-12-10-14)22(27-29)20-17(24)7-8-18(21(20)25)28-32(30,31)19-6-4-3-5-16(19)23/h3-13,28H,2H2,1H3. The molecular weight excluding hydrogens is 441 g/mol. The molecule has 0 bridgehead atoms. The molecule has 6 nitrogen and oxygen atoms in total. The average molecular weight is 458 g/mol. The predicted molar refractivity (Wildman–Crippen MR) is 114 cm³/mol. The van der Waals surface area contributed by atoms with Crippen molar-refractivity contribution in [1.29, 1.82) is 0 Å². The van der Waals surface area contributed by atoms with Crippen molar-refractivity contribution in [3.8, 4) is 22.4 Å². The predicted octanol–water partition coefficient (Wildman–Crippen LogP) is 4.85. The van der Waals surface area contributed by atoms with Crippen LogP contribution in [0.25, 0.3) is 22.4 Å². The van der Waals surface area contributed by atoms with E-state index in [-0.39, 0.29) is 5.69 Å². The molecule has 0 saturated carbocycles. The molecule has 0 atom stereocenters. The van der Waals surface area contributed by atoms with E-state index in [9.17, 15) is 17.2 Å². The van der Waals surface area contributed by atoms with E-state index in [4.69, 9.17) is 0 Å². The van der Waals surface area contributed by atoms with Crippen LogP contribution in [0.4, 0.5) is 18.9 Å². The van der Waals surface area contributed by atoms with E-state index in [0.717, 1.165) is 24.3 Å². The van der Waals surface area contributed by atoms with Gasteiger partial charge in [-0.15, -0.1) is 0 Å². The Hall–Kier alpha value is -3.66. The zero-order valence-electron chi connectivity index (χ0n) is 16.8. The van der Waals surface area contributed by atoms with Crippen molar-refractivity contribution in [3.05, 3.63) is 84.6 Å². The van der Waals surface area contributed by atoms with Crippen molar-refractivity contribution in [2.75, 3.05) is 4.72 Å². The highest BCUT2D eigenvalue weighted by Crippen LogP contribution is 2.37. The molecule has 1 N–H and O–H groups in total. The van der Waals surface area contributed by atoms with Gasteiger partial charge in [0.05, 0.1) is 11.3 Å².